The predicted molar refractivity (Wildman–Crippen MR) is 53.6 cm³/mol. The first-order valence-corrected chi connectivity index (χ1v) is 4.84. The van der Waals surface area contributed by atoms with Crippen LogP contribution in [0.5, 0.6) is 0 Å². The summed E-state index contributed by atoms with van der Waals surface area (Å²) in [5, 5.41) is 10.1. The molecule has 1 fully saturated rings. The van der Waals surface area contributed by atoms with Crippen LogP contribution in [0.2, 0.25) is 0 Å². The Morgan fingerprint density at radius 1 is 1.38 bits per heavy atom. The van der Waals surface area contributed by atoms with Gasteiger partial charge in [0.2, 0.25) is 0 Å². The van der Waals surface area contributed by atoms with Crippen molar-refractivity contribution in [2.45, 2.75) is 32.8 Å². The smallest absolute Gasteiger partial charge is 0.0929 e. The summed E-state index contributed by atoms with van der Waals surface area (Å²) in [5.41, 5.74) is 3.08. The molecule has 0 spiro atoms. The van der Waals surface area contributed by atoms with E-state index in [0.29, 0.717) is 5.92 Å². The Morgan fingerprint density at radius 2 is 2.00 bits per heavy atom. The standard InChI is InChI=1S/C12H16O/c1-8-4-5-11(9(2)6-8)12(13)7-10(12)3/h4-6,10,13H,7H2,1-3H3. The van der Waals surface area contributed by atoms with E-state index >= 15 is 0 Å². The maximum Gasteiger partial charge on any atom is 0.0929 e. The molecule has 70 valence electrons. The summed E-state index contributed by atoms with van der Waals surface area (Å²) >= 11 is 0. The molecule has 1 nitrogen and oxygen atoms in total. The zero-order valence-corrected chi connectivity index (χ0v) is 8.46. The topological polar surface area (TPSA) is 20.2 Å². The van der Waals surface area contributed by atoms with Crippen LogP contribution < -0.4 is 0 Å². The zero-order valence-electron chi connectivity index (χ0n) is 8.46. The molecular formula is C12H16O. The summed E-state index contributed by atoms with van der Waals surface area (Å²) in [7, 11) is 0. The molecule has 0 amide bonds. The van der Waals surface area contributed by atoms with Gasteiger partial charge in [0, 0.05) is 0 Å². The Bertz CT molecular complexity index is 343. The second kappa shape index (κ2) is 2.58. The Morgan fingerprint density at radius 3 is 2.46 bits per heavy atom. The van der Waals surface area contributed by atoms with Crippen LogP contribution in [-0.4, -0.2) is 5.11 Å². The highest BCUT2D eigenvalue weighted by atomic mass is 16.3. The molecule has 1 N–H and O–H groups in total. The molecule has 0 heterocycles. The highest BCUT2D eigenvalue weighted by Crippen LogP contribution is 2.52. The fourth-order valence-electron chi connectivity index (χ4n) is 2.08. The molecule has 1 aromatic carbocycles. The third kappa shape index (κ3) is 1.28. The van der Waals surface area contributed by atoms with Crippen LogP contribution in [0, 0.1) is 19.8 Å². The minimum atomic E-state index is -0.516. The van der Waals surface area contributed by atoms with E-state index in [1.807, 2.05) is 0 Å². The van der Waals surface area contributed by atoms with Gasteiger partial charge in [0.15, 0.2) is 0 Å². The van der Waals surface area contributed by atoms with Crippen molar-refractivity contribution >= 4 is 0 Å². The lowest BCUT2D eigenvalue weighted by Gasteiger charge is -2.13. The largest absolute Gasteiger partial charge is 0.385 e. The van der Waals surface area contributed by atoms with Crippen molar-refractivity contribution in [1.82, 2.24) is 0 Å². The third-order valence-corrected chi connectivity index (χ3v) is 3.12. The first-order chi connectivity index (χ1) is 6.04. The van der Waals surface area contributed by atoms with Crippen molar-refractivity contribution in [3.8, 4) is 0 Å². The average molecular weight is 176 g/mol. The van der Waals surface area contributed by atoms with Gasteiger partial charge < -0.3 is 5.11 Å². The SMILES string of the molecule is Cc1ccc(C2(O)CC2C)c(C)c1. The van der Waals surface area contributed by atoms with Gasteiger partial charge >= 0.3 is 0 Å². The molecule has 2 atom stereocenters. The van der Waals surface area contributed by atoms with Crippen molar-refractivity contribution in [3.05, 3.63) is 34.9 Å². The molecule has 0 aliphatic heterocycles. The van der Waals surface area contributed by atoms with Gasteiger partial charge in [-0.15, -0.1) is 0 Å². The van der Waals surface area contributed by atoms with Gasteiger partial charge in [-0.1, -0.05) is 30.7 Å². The summed E-state index contributed by atoms with van der Waals surface area (Å²) in [6, 6.07) is 6.28. The Balaban J connectivity index is 2.42. The van der Waals surface area contributed by atoms with Crippen LogP contribution in [0.25, 0.3) is 0 Å². The molecular weight excluding hydrogens is 160 g/mol. The number of rotatable bonds is 1. The van der Waals surface area contributed by atoms with E-state index in [9.17, 15) is 5.11 Å². The quantitative estimate of drug-likeness (QED) is 0.697. The summed E-state index contributed by atoms with van der Waals surface area (Å²) in [4.78, 5) is 0. The van der Waals surface area contributed by atoms with E-state index in [1.165, 1.54) is 11.1 Å². The fourth-order valence-corrected chi connectivity index (χ4v) is 2.08. The van der Waals surface area contributed by atoms with Gasteiger partial charge in [0.25, 0.3) is 0 Å². The van der Waals surface area contributed by atoms with Crippen molar-refractivity contribution < 1.29 is 5.11 Å². The van der Waals surface area contributed by atoms with Crippen LogP contribution in [0.15, 0.2) is 18.2 Å². The molecule has 2 unspecified atom stereocenters. The number of aliphatic hydroxyl groups is 1. The molecule has 1 aromatic rings. The van der Waals surface area contributed by atoms with Crippen molar-refractivity contribution in [2.75, 3.05) is 0 Å². The van der Waals surface area contributed by atoms with E-state index in [1.54, 1.807) is 0 Å². The number of hydrogen-bond acceptors (Lipinski definition) is 1. The van der Waals surface area contributed by atoms with Gasteiger partial charge in [0.05, 0.1) is 5.60 Å². The summed E-state index contributed by atoms with van der Waals surface area (Å²) in [6.45, 7) is 6.25. The van der Waals surface area contributed by atoms with Crippen molar-refractivity contribution in [1.29, 1.82) is 0 Å². The lowest BCUT2D eigenvalue weighted by Crippen LogP contribution is -2.09. The van der Waals surface area contributed by atoms with Crippen LogP contribution >= 0.6 is 0 Å². The second-order valence-corrected chi connectivity index (χ2v) is 4.35. The second-order valence-electron chi connectivity index (χ2n) is 4.35. The molecule has 0 bridgehead atoms. The van der Waals surface area contributed by atoms with Crippen molar-refractivity contribution in [2.24, 2.45) is 5.92 Å². The Kier molecular flexibility index (Phi) is 1.74. The summed E-state index contributed by atoms with van der Waals surface area (Å²) in [5.74, 6) is 0.425. The average Bonchev–Trinajstić information content (AvgIpc) is 2.59. The number of hydrogen-bond donors (Lipinski definition) is 1. The maximum atomic E-state index is 10.1. The first-order valence-electron chi connectivity index (χ1n) is 4.84. The molecule has 2 rings (SSSR count). The van der Waals surface area contributed by atoms with E-state index in [-0.39, 0.29) is 0 Å². The molecule has 0 aromatic heterocycles. The summed E-state index contributed by atoms with van der Waals surface area (Å²) < 4.78 is 0. The number of aryl methyl sites for hydroxylation is 2. The predicted octanol–water partition coefficient (Wildman–Crippen LogP) is 2.53. The minimum Gasteiger partial charge on any atom is -0.385 e. The molecule has 1 aliphatic carbocycles. The van der Waals surface area contributed by atoms with Crippen LogP contribution in [-0.2, 0) is 5.60 Å². The first kappa shape index (κ1) is 8.76. The third-order valence-electron chi connectivity index (χ3n) is 3.12. The normalized spacial score (nSPS) is 31.8. The van der Waals surface area contributed by atoms with Crippen LogP contribution in [0.3, 0.4) is 0 Å². The highest BCUT2D eigenvalue weighted by molar-refractivity contribution is 5.38. The molecule has 1 heteroatoms. The van der Waals surface area contributed by atoms with Crippen LogP contribution in [0.1, 0.15) is 30.0 Å². The van der Waals surface area contributed by atoms with Gasteiger partial charge in [-0.05, 0) is 37.3 Å². The van der Waals surface area contributed by atoms with Gasteiger partial charge in [-0.3, -0.25) is 0 Å². The Labute approximate surface area is 79.4 Å². The maximum absolute atomic E-state index is 10.1. The molecule has 13 heavy (non-hydrogen) atoms. The van der Waals surface area contributed by atoms with E-state index in [2.05, 4.69) is 39.0 Å². The number of benzene rings is 1. The van der Waals surface area contributed by atoms with E-state index < -0.39 is 5.60 Å². The van der Waals surface area contributed by atoms with Crippen molar-refractivity contribution in [3.63, 3.8) is 0 Å². The summed E-state index contributed by atoms with van der Waals surface area (Å²) in [6.07, 6.45) is 0.914. The monoisotopic (exact) mass is 176 g/mol. The Hall–Kier alpha value is -0.820. The highest BCUT2D eigenvalue weighted by Gasteiger charge is 2.51. The van der Waals surface area contributed by atoms with E-state index in [0.717, 1.165) is 12.0 Å². The molecule has 1 aliphatic rings. The van der Waals surface area contributed by atoms with Gasteiger partial charge in [-0.2, -0.15) is 0 Å². The molecule has 0 radical (unpaired) electrons. The van der Waals surface area contributed by atoms with Crippen LogP contribution in [0.4, 0.5) is 0 Å². The minimum absolute atomic E-state index is 0.425. The fraction of sp³-hybridized carbons (Fsp3) is 0.500. The van der Waals surface area contributed by atoms with Gasteiger partial charge in [0.1, 0.15) is 0 Å². The molecule has 0 saturated heterocycles. The lowest BCUT2D eigenvalue weighted by molar-refractivity contribution is 0.134. The van der Waals surface area contributed by atoms with Gasteiger partial charge in [-0.25, -0.2) is 0 Å². The molecule has 1 saturated carbocycles. The zero-order chi connectivity index (χ0) is 9.64. The lowest BCUT2D eigenvalue weighted by atomic mass is 9.98. The van der Waals surface area contributed by atoms with E-state index in [4.69, 9.17) is 0 Å².